The first-order valence-electron chi connectivity index (χ1n) is 11.7. The quantitative estimate of drug-likeness (QED) is 0.421. The molecule has 0 saturated heterocycles. The Morgan fingerprint density at radius 1 is 1.11 bits per heavy atom. The summed E-state index contributed by atoms with van der Waals surface area (Å²) < 4.78 is 13.1. The van der Waals surface area contributed by atoms with Gasteiger partial charge in [0.15, 0.2) is 0 Å². The van der Waals surface area contributed by atoms with Gasteiger partial charge in [0, 0.05) is 11.6 Å². The first kappa shape index (κ1) is 25.8. The number of aromatic nitrogens is 3. The maximum atomic E-state index is 13.3. The maximum Gasteiger partial charge on any atom is 0.335 e. The van der Waals surface area contributed by atoms with E-state index < -0.39 is 17.3 Å². The Morgan fingerprint density at radius 3 is 2.50 bits per heavy atom. The normalized spacial score (nSPS) is 13.9. The van der Waals surface area contributed by atoms with Gasteiger partial charge < -0.3 is 9.47 Å². The van der Waals surface area contributed by atoms with Gasteiger partial charge in [0.1, 0.15) is 5.75 Å². The second-order valence-corrected chi connectivity index (χ2v) is 9.20. The third kappa shape index (κ3) is 6.27. The molecule has 3 aromatic rings. The number of hydrogen-bond acceptors (Lipinski definition) is 6. The molecule has 0 spiro atoms. The monoisotopic (exact) mass is 532 g/mol. The van der Waals surface area contributed by atoms with Crippen LogP contribution < -0.4 is 21.7 Å². The van der Waals surface area contributed by atoms with E-state index in [4.69, 9.17) is 32.7 Å². The summed E-state index contributed by atoms with van der Waals surface area (Å²) in [5, 5.41) is 0.943. The van der Waals surface area contributed by atoms with Crippen molar-refractivity contribution in [1.82, 2.24) is 14.1 Å². The second kappa shape index (κ2) is 11.6. The molecule has 1 N–H and O–H groups in total. The lowest BCUT2D eigenvalue weighted by atomic mass is 9.96. The Hall–Kier alpha value is -3.30. The third-order valence-corrected chi connectivity index (χ3v) is 6.32. The molecule has 0 atom stereocenters. The molecule has 190 valence electrons. The largest absolute Gasteiger partial charge is 0.489 e. The Kier molecular flexibility index (Phi) is 8.32. The first-order valence-corrected chi connectivity index (χ1v) is 12.4. The van der Waals surface area contributed by atoms with E-state index in [0.717, 1.165) is 29.4 Å². The minimum Gasteiger partial charge on any atom is -0.489 e. The number of hydrogen-bond donors (Lipinski definition) is 1. The molecule has 1 aliphatic rings. The molecular weight excluding hydrogens is 507 g/mol. The average Bonchev–Trinajstić information content (AvgIpc) is 2.81. The summed E-state index contributed by atoms with van der Waals surface area (Å²) in [5.41, 5.74) is -0.0651. The van der Waals surface area contributed by atoms with Gasteiger partial charge >= 0.3 is 17.3 Å². The lowest BCUT2D eigenvalue weighted by Crippen LogP contribution is -2.50. The predicted octanol–water partition coefficient (Wildman–Crippen LogP) is 3.81. The first-order chi connectivity index (χ1) is 17.3. The van der Waals surface area contributed by atoms with E-state index in [1.165, 1.54) is 4.57 Å². The SMILES string of the molecule is CCOC(=O)CCn1c(=O)[nH]/c(=N\c2ccc(OC3CCC3)c(Cl)c2)n(Cc2ccc(Cl)cc2)c1=O. The van der Waals surface area contributed by atoms with Crippen molar-refractivity contribution < 1.29 is 14.3 Å². The summed E-state index contributed by atoms with van der Waals surface area (Å²) in [7, 11) is 0. The molecule has 0 amide bonds. The van der Waals surface area contributed by atoms with E-state index in [1.807, 2.05) is 0 Å². The number of H-pyrrole nitrogens is 1. The summed E-state index contributed by atoms with van der Waals surface area (Å²) in [6, 6.07) is 12.0. The van der Waals surface area contributed by atoms with Crippen LogP contribution in [0.15, 0.2) is 57.0 Å². The molecule has 1 saturated carbocycles. The summed E-state index contributed by atoms with van der Waals surface area (Å²) in [4.78, 5) is 45.1. The fraction of sp³-hybridized carbons (Fsp3) is 0.360. The third-order valence-electron chi connectivity index (χ3n) is 5.78. The van der Waals surface area contributed by atoms with Gasteiger partial charge in [-0.05, 0) is 62.1 Å². The highest BCUT2D eigenvalue weighted by Crippen LogP contribution is 2.33. The van der Waals surface area contributed by atoms with Crippen molar-refractivity contribution in [2.24, 2.45) is 4.99 Å². The Morgan fingerprint density at radius 2 is 1.86 bits per heavy atom. The van der Waals surface area contributed by atoms with E-state index >= 15 is 0 Å². The lowest BCUT2D eigenvalue weighted by molar-refractivity contribution is -0.143. The smallest absolute Gasteiger partial charge is 0.335 e. The van der Waals surface area contributed by atoms with Gasteiger partial charge in [-0.2, -0.15) is 0 Å². The number of benzene rings is 2. The highest BCUT2D eigenvalue weighted by atomic mass is 35.5. The molecule has 1 aliphatic carbocycles. The number of carbonyl (C=O) groups excluding carboxylic acids is 1. The van der Waals surface area contributed by atoms with Gasteiger partial charge in [-0.1, -0.05) is 35.3 Å². The molecule has 1 aromatic heterocycles. The minimum absolute atomic E-state index is 0.0380. The molecule has 11 heteroatoms. The zero-order chi connectivity index (χ0) is 25.7. The Bertz CT molecular complexity index is 1420. The lowest BCUT2D eigenvalue weighted by Gasteiger charge is -2.26. The fourth-order valence-electron chi connectivity index (χ4n) is 3.64. The standard InChI is InChI=1S/C25H26Cl2N4O5/c1-2-35-22(32)12-13-30-24(33)29-23(31(25(30)34)15-16-6-8-17(26)9-7-16)28-18-10-11-21(20(27)14-18)36-19-4-3-5-19/h6-11,14,19H,2-5,12-13,15H2,1H3,(H,28,29,33). The van der Waals surface area contributed by atoms with Gasteiger partial charge in [-0.25, -0.2) is 19.1 Å². The van der Waals surface area contributed by atoms with Crippen molar-refractivity contribution in [1.29, 1.82) is 0 Å². The van der Waals surface area contributed by atoms with E-state index in [0.29, 0.717) is 21.5 Å². The molecule has 9 nitrogen and oxygen atoms in total. The van der Waals surface area contributed by atoms with Crippen molar-refractivity contribution >= 4 is 34.9 Å². The van der Waals surface area contributed by atoms with Crippen LogP contribution in [0.1, 0.15) is 38.2 Å². The molecule has 2 aromatic carbocycles. The topological polar surface area (TPSA) is 108 Å². The predicted molar refractivity (Wildman–Crippen MR) is 136 cm³/mol. The Balaban J connectivity index is 1.73. The number of ether oxygens (including phenoxy) is 2. The molecule has 36 heavy (non-hydrogen) atoms. The number of esters is 1. The number of carbonyl (C=O) groups is 1. The van der Waals surface area contributed by atoms with Crippen molar-refractivity contribution in [3.8, 4) is 5.75 Å². The van der Waals surface area contributed by atoms with Gasteiger partial charge in [-0.3, -0.25) is 14.3 Å². The van der Waals surface area contributed by atoms with Crippen LogP contribution >= 0.6 is 23.2 Å². The zero-order valence-electron chi connectivity index (χ0n) is 19.7. The van der Waals surface area contributed by atoms with Crippen molar-refractivity contribution in [2.75, 3.05) is 6.61 Å². The van der Waals surface area contributed by atoms with Crippen LogP contribution in [-0.2, 0) is 22.6 Å². The molecule has 4 rings (SSSR count). The molecule has 1 heterocycles. The summed E-state index contributed by atoms with van der Waals surface area (Å²) >= 11 is 12.4. The molecule has 0 radical (unpaired) electrons. The van der Waals surface area contributed by atoms with Crippen LogP contribution in [0.4, 0.5) is 5.69 Å². The fourth-order valence-corrected chi connectivity index (χ4v) is 3.98. The van der Waals surface area contributed by atoms with Crippen LogP contribution in [0.25, 0.3) is 0 Å². The maximum absolute atomic E-state index is 13.3. The number of nitrogens with one attached hydrogen (secondary N) is 1. The average molecular weight is 533 g/mol. The summed E-state index contributed by atoms with van der Waals surface area (Å²) in [5.74, 6) is 0.0675. The van der Waals surface area contributed by atoms with Gasteiger partial charge in [0.25, 0.3) is 0 Å². The van der Waals surface area contributed by atoms with Crippen LogP contribution in [0, 0.1) is 0 Å². The molecule has 0 unspecified atom stereocenters. The second-order valence-electron chi connectivity index (χ2n) is 8.35. The summed E-state index contributed by atoms with van der Waals surface area (Å²) in [6.07, 6.45) is 3.20. The van der Waals surface area contributed by atoms with Gasteiger partial charge in [0.05, 0.1) is 36.4 Å². The van der Waals surface area contributed by atoms with E-state index in [9.17, 15) is 14.4 Å². The highest BCUT2D eigenvalue weighted by Gasteiger charge is 2.20. The number of rotatable bonds is 9. The molecule has 0 bridgehead atoms. The van der Waals surface area contributed by atoms with Crippen molar-refractivity contribution in [3.63, 3.8) is 0 Å². The molecule has 1 fully saturated rings. The highest BCUT2D eigenvalue weighted by molar-refractivity contribution is 6.32. The number of aromatic amines is 1. The van der Waals surface area contributed by atoms with Gasteiger partial charge in [0.2, 0.25) is 5.62 Å². The molecule has 0 aliphatic heterocycles. The van der Waals surface area contributed by atoms with Crippen molar-refractivity contribution in [3.05, 3.63) is 84.7 Å². The number of nitrogens with zero attached hydrogens (tertiary/aromatic N) is 3. The van der Waals surface area contributed by atoms with E-state index in [2.05, 4.69) is 9.98 Å². The van der Waals surface area contributed by atoms with Gasteiger partial charge in [-0.15, -0.1) is 0 Å². The van der Waals surface area contributed by atoms with Crippen LogP contribution in [0.5, 0.6) is 5.75 Å². The Labute approximate surface area is 216 Å². The van der Waals surface area contributed by atoms with Crippen LogP contribution in [0.2, 0.25) is 10.0 Å². The van der Waals surface area contributed by atoms with Crippen molar-refractivity contribution in [2.45, 2.75) is 51.8 Å². The van der Waals surface area contributed by atoms with E-state index in [1.54, 1.807) is 49.4 Å². The van der Waals surface area contributed by atoms with Crippen LogP contribution in [-0.4, -0.2) is 32.8 Å². The molecular formula is C25H26Cl2N4O5. The number of halogens is 2. The zero-order valence-corrected chi connectivity index (χ0v) is 21.2. The van der Waals surface area contributed by atoms with E-state index in [-0.39, 0.29) is 37.8 Å². The summed E-state index contributed by atoms with van der Waals surface area (Å²) in [6.45, 7) is 1.88. The minimum atomic E-state index is -0.688. The van der Waals surface area contributed by atoms with Crippen LogP contribution in [0.3, 0.4) is 0 Å².